The Bertz CT molecular complexity index is 6150. The lowest BCUT2D eigenvalue weighted by Crippen LogP contribution is -2.49. The van der Waals surface area contributed by atoms with Crippen LogP contribution in [0.25, 0.3) is 21.6 Å². The van der Waals surface area contributed by atoms with E-state index in [0.717, 1.165) is 181 Å². The lowest BCUT2D eigenvalue weighted by atomic mass is 9.72. The summed E-state index contributed by atoms with van der Waals surface area (Å²) < 4.78 is 193. The summed E-state index contributed by atoms with van der Waals surface area (Å²) in [6.07, 6.45) is 7.84. The third-order valence-electron chi connectivity index (χ3n) is 26.2. The highest BCUT2D eigenvalue weighted by molar-refractivity contribution is 7.99. The number of nitrogens with one attached hydrogen (secondary N) is 3. The number of carbonyl (C=O) groups is 3. The van der Waals surface area contributed by atoms with Crippen molar-refractivity contribution in [3.63, 3.8) is 0 Å². The molecule has 0 aromatic heterocycles. The first-order valence-electron chi connectivity index (χ1n) is 46.4. The van der Waals surface area contributed by atoms with Gasteiger partial charge >= 0.3 is 11.0 Å². The molecule has 8 aromatic carbocycles. The maximum Gasteiger partial charge on any atom is 0.501 e. The van der Waals surface area contributed by atoms with Gasteiger partial charge in [-0.3, -0.25) is 29.1 Å². The Balaban J connectivity index is 0.000000234. The first kappa shape index (κ1) is 106. The molecule has 3 N–H and O–H groups in total. The van der Waals surface area contributed by atoms with E-state index in [0.29, 0.717) is 87.2 Å². The number of ketones is 2. The second kappa shape index (κ2) is 47.3. The molecule has 138 heavy (non-hydrogen) atoms. The molecule has 4 saturated heterocycles. The maximum atomic E-state index is 14.4. The minimum Gasteiger partial charge on any atom is -0.380 e. The average molecular weight is 2060 g/mol. The van der Waals surface area contributed by atoms with Crippen molar-refractivity contribution in [1.82, 2.24) is 29.8 Å². The number of nitrogens with zero attached hydrogens (tertiary/aromatic N) is 10. The molecule has 0 unspecified atom stereocenters. The summed E-state index contributed by atoms with van der Waals surface area (Å²) in [6.45, 7) is 23.8. The van der Waals surface area contributed by atoms with Crippen molar-refractivity contribution in [3.8, 4) is 0 Å². The predicted octanol–water partition coefficient (Wildman–Crippen LogP) is 19.2. The number of azide groups is 1. The fourth-order valence-electron chi connectivity index (χ4n) is 18.3. The number of carbonyl (C=O) groups excluding carboxylic acids is 3. The molecule has 38 heteroatoms. The SMILES string of the molecule is CC1(C)CCC(c2ccc(Cl)cc2)=C(CN2CCN(c3ccc(C(=O)CS(=O)(=O)c4ccc(N[C@H](CCN5CCN(C(=O)CCCN=[N+]=[N-])CC5)CSc5ccccc5)c(S(=O)(=O)C(F)(F)F)c4)cc3)CC2)C1.CC1(C)CCC(c2ccc(Cl)cc2)=C(CN2CCN(c3ccc(C(=O)CS(=O)(=O)c4ccc(N[C@H](CCN5CCNCC5)CSc5ccccc5)c(S(=O)(=O)C(F)(F)F)c4)cc3)CC2)C1. The lowest BCUT2D eigenvalue weighted by Gasteiger charge is -2.39. The van der Waals surface area contributed by atoms with Crippen molar-refractivity contribution in [3.05, 3.63) is 248 Å². The van der Waals surface area contributed by atoms with Crippen LogP contribution in [0.4, 0.5) is 49.1 Å². The molecule has 0 saturated carbocycles. The van der Waals surface area contributed by atoms with Crippen LogP contribution in [0, 0.1) is 10.8 Å². The Morgan fingerprint density at radius 3 is 1.24 bits per heavy atom. The molecule has 4 heterocycles. The van der Waals surface area contributed by atoms with Crippen molar-refractivity contribution in [2.75, 3.05) is 181 Å². The van der Waals surface area contributed by atoms with Crippen LogP contribution in [0.1, 0.15) is 124 Å². The van der Waals surface area contributed by atoms with Gasteiger partial charge in [0.15, 0.2) is 31.2 Å². The van der Waals surface area contributed by atoms with E-state index in [1.54, 1.807) is 41.3 Å². The number of rotatable bonds is 38. The zero-order chi connectivity index (χ0) is 98.8. The Morgan fingerprint density at radius 2 is 0.862 bits per heavy atom. The average Bonchev–Trinajstić information content (AvgIpc) is 0.764. The fourth-order valence-corrected chi connectivity index (χ4v) is 25.1. The standard InChI is InChI=1S/C52H62ClF3N8O6S3.C48H57ClF3N5O5S3/c1-51(2)22-20-46(38-10-14-41(53)15-11-38)40(34-51)35-62-27-29-63(30-28-62)43-16-12-39(13-17-43)48(65)37-72(67,68)45-18-19-47(49(33-45)73(69,70)52(54,55)56)59-42(36-71-44-7-4-3-5-8-44)21-24-61-25-31-64(32-26-61)50(66)9-6-23-58-60-57;1-47(2)20-18-43(35-8-12-38(49)13-9-35)37(31-47)32-56-26-28-57(29-27-56)40-14-10-36(11-15-40)45(58)34-64(59,60)42-16-17-44(46(30-42)65(61,62)48(50,51)52)54-39(19-23-55-24-21-53-22-25-55)33-63-41-6-4-3-5-7-41/h3-5,7-8,10-19,33,42,59H,6,9,20-32,34-37H2,1-2H3;3-17,30,39,53-54H,18-29,31-34H2,1-2H3/t42-;39-/m11/s1. The number of sulfone groups is 4. The Hall–Kier alpha value is -8.98. The third-order valence-corrected chi connectivity index (χ3v) is 35.3. The second-order valence-corrected chi connectivity index (χ2v) is 48.3. The molecule has 8 aromatic rings. The van der Waals surface area contributed by atoms with E-state index < -0.39 is 111 Å². The predicted molar refractivity (Wildman–Crippen MR) is 538 cm³/mol. The summed E-state index contributed by atoms with van der Waals surface area (Å²) in [5.74, 6) is -3.07. The molecule has 0 bridgehead atoms. The molecule has 0 spiro atoms. The molecule has 2 aliphatic carbocycles. The van der Waals surface area contributed by atoms with Crippen LogP contribution in [-0.2, 0) is 44.1 Å². The molecule has 14 rings (SSSR count). The van der Waals surface area contributed by atoms with Gasteiger partial charge in [-0.15, -0.1) is 23.5 Å². The van der Waals surface area contributed by atoms with E-state index in [4.69, 9.17) is 28.7 Å². The quantitative estimate of drug-likeness (QED) is 0.00616. The number of allylic oxidation sites excluding steroid dienone is 2. The number of piperazine rings is 4. The summed E-state index contributed by atoms with van der Waals surface area (Å²) in [6, 6.07) is 52.2. The van der Waals surface area contributed by atoms with Gasteiger partial charge < -0.3 is 35.6 Å². The third kappa shape index (κ3) is 29.2. The number of alkyl halides is 6. The molecule has 742 valence electrons. The second-order valence-electron chi connectivity index (χ2n) is 37.4. The first-order valence-corrected chi connectivity index (χ1v) is 55.4. The lowest BCUT2D eigenvalue weighted by molar-refractivity contribution is -0.133. The Labute approximate surface area is 824 Å². The molecule has 2 atom stereocenters. The fraction of sp³-hybridized carbons (Fsp3) is 0.450. The van der Waals surface area contributed by atoms with Gasteiger partial charge in [0.1, 0.15) is 21.3 Å². The number of Topliss-reactive ketones (excluding diaryl/α,β-unsaturated/α-hetero) is 2. The first-order chi connectivity index (χ1) is 65.6. The minimum atomic E-state index is -6.09. The van der Waals surface area contributed by atoms with Gasteiger partial charge in [0.2, 0.25) is 5.91 Å². The van der Waals surface area contributed by atoms with Crippen molar-refractivity contribution >= 4 is 137 Å². The normalized spacial score (nSPS) is 17.9. The maximum absolute atomic E-state index is 14.4. The van der Waals surface area contributed by atoms with Gasteiger partial charge in [-0.2, -0.15) is 26.3 Å². The van der Waals surface area contributed by atoms with E-state index in [1.165, 1.54) is 69.1 Å². The molecular weight excluding hydrogens is 1940 g/mol. The topological polar surface area (TPSA) is 295 Å². The molecule has 0 radical (unpaired) electrons. The van der Waals surface area contributed by atoms with Crippen molar-refractivity contribution in [2.24, 2.45) is 15.9 Å². The monoisotopic (exact) mass is 2050 g/mol. The largest absolute Gasteiger partial charge is 0.501 e. The highest BCUT2D eigenvalue weighted by Gasteiger charge is 2.50. The highest BCUT2D eigenvalue weighted by atomic mass is 35.5. The van der Waals surface area contributed by atoms with E-state index >= 15 is 0 Å². The number of amides is 1. The molecule has 6 aliphatic rings. The number of anilines is 4. The molecule has 24 nitrogen and oxygen atoms in total. The van der Waals surface area contributed by atoms with E-state index in [-0.39, 0.29) is 46.5 Å². The van der Waals surface area contributed by atoms with Crippen molar-refractivity contribution in [1.29, 1.82) is 0 Å². The van der Waals surface area contributed by atoms with Gasteiger partial charge in [-0.05, 0) is 230 Å². The van der Waals surface area contributed by atoms with Crippen LogP contribution in [0.15, 0.2) is 240 Å². The minimum absolute atomic E-state index is 0.0489. The van der Waals surface area contributed by atoms with Crippen LogP contribution in [0.5, 0.6) is 0 Å². The van der Waals surface area contributed by atoms with Crippen LogP contribution in [0.3, 0.4) is 0 Å². The van der Waals surface area contributed by atoms with Crippen LogP contribution in [-0.4, -0.2) is 259 Å². The molecule has 1 amide bonds. The zero-order valence-corrected chi connectivity index (χ0v) is 84.2. The van der Waals surface area contributed by atoms with Gasteiger partial charge in [-0.25, -0.2) is 33.7 Å². The van der Waals surface area contributed by atoms with Gasteiger partial charge in [0, 0.05) is 215 Å². The van der Waals surface area contributed by atoms with E-state index in [1.807, 2.05) is 84.9 Å². The smallest absolute Gasteiger partial charge is 0.380 e. The van der Waals surface area contributed by atoms with Gasteiger partial charge in [0.05, 0.1) is 21.2 Å². The summed E-state index contributed by atoms with van der Waals surface area (Å²) in [5, 5.41) is 14.2. The van der Waals surface area contributed by atoms with E-state index in [9.17, 15) is 74.4 Å². The molecular formula is C100H119Cl2F6N13O11S6. The van der Waals surface area contributed by atoms with Crippen LogP contribution < -0.4 is 25.8 Å². The summed E-state index contributed by atoms with van der Waals surface area (Å²) in [5.41, 5.74) is 6.72. The zero-order valence-electron chi connectivity index (χ0n) is 77.8. The Kier molecular flexibility index (Phi) is 36.4. The van der Waals surface area contributed by atoms with Crippen LogP contribution >= 0.6 is 46.7 Å². The highest BCUT2D eigenvalue weighted by Crippen LogP contribution is 2.46. The van der Waals surface area contributed by atoms with E-state index in [2.05, 4.69) is 107 Å². The number of thioether (sulfide) groups is 2. The van der Waals surface area contributed by atoms with Crippen molar-refractivity contribution in [2.45, 2.75) is 144 Å². The summed E-state index contributed by atoms with van der Waals surface area (Å²) in [4.78, 5) is 55.7. The number of benzene rings is 8. The van der Waals surface area contributed by atoms with Crippen molar-refractivity contribution < 1.29 is 74.4 Å². The number of hydrogen-bond acceptors (Lipinski definition) is 23. The van der Waals surface area contributed by atoms with Gasteiger partial charge in [-0.1, -0.05) is 128 Å². The number of halogens is 8. The Morgan fingerprint density at radius 1 is 0.486 bits per heavy atom. The number of hydrogen-bond donors (Lipinski definition) is 3. The summed E-state index contributed by atoms with van der Waals surface area (Å²) >= 11 is 15.3. The molecule has 4 fully saturated rings. The summed E-state index contributed by atoms with van der Waals surface area (Å²) in [7, 11) is -21.3. The van der Waals surface area contributed by atoms with Crippen LogP contribution in [0.2, 0.25) is 10.0 Å². The molecule has 4 aliphatic heterocycles. The van der Waals surface area contributed by atoms with Gasteiger partial charge in [0.25, 0.3) is 19.7 Å².